The van der Waals surface area contributed by atoms with Gasteiger partial charge in [0.2, 0.25) is 0 Å². The van der Waals surface area contributed by atoms with Crippen molar-refractivity contribution in [2.75, 3.05) is 21.2 Å². The van der Waals surface area contributed by atoms with E-state index in [1.807, 2.05) is 20.9 Å². The second kappa shape index (κ2) is 45.2. The predicted molar refractivity (Wildman–Crippen MR) is 195 cm³/mol. The average molecular weight is 696 g/mol. The average Bonchev–Trinajstić information content (AvgIpc) is 2.77. The van der Waals surface area contributed by atoms with Gasteiger partial charge >= 0.3 is 5.97 Å². The molecule has 0 aromatic rings. The molecule has 263 valence electrons. The normalized spacial score (nSPS) is 10.2. The fourth-order valence-electron chi connectivity index (χ4n) is 3.26. The zero-order valence-corrected chi connectivity index (χ0v) is 25.8. The van der Waals surface area contributed by atoms with Gasteiger partial charge < -0.3 is 32.4 Å². The monoisotopic (exact) mass is 696 g/mol. The first kappa shape index (κ1) is 73.3. The minimum Gasteiger partial charge on any atom is -0.469 e. The van der Waals surface area contributed by atoms with E-state index in [0.717, 1.165) is 30.5 Å². The molecule has 0 amide bonds. The van der Waals surface area contributed by atoms with Crippen molar-refractivity contribution in [3.63, 3.8) is 0 Å². The summed E-state index contributed by atoms with van der Waals surface area (Å²) in [5.41, 5.74) is 3.00. The van der Waals surface area contributed by atoms with Crippen molar-refractivity contribution < 1.29 is 51.8 Å². The quantitative estimate of drug-likeness (QED) is 0.0748. The van der Waals surface area contributed by atoms with Gasteiger partial charge in [-0.2, -0.15) is 0 Å². The minimum atomic E-state index is -0.258. The SMILES string of the molecule is C.C.C.C.C.C.C.C.C=C(C)CC(CC(=O)CC)NC(=C)CC(CC(=O)OC)NC.C=C(CC)CC(CC([CH2-])=O)NC.[Y]. The Hall–Kier alpha value is -1.28. The Morgan fingerprint density at radius 1 is 0.698 bits per heavy atom. The number of esters is 1. The number of carbonyl (C=O) groups is 3. The van der Waals surface area contributed by atoms with E-state index in [2.05, 4.69) is 54.3 Å². The molecular weight excluding hydrogens is 615 g/mol. The molecular formula is C35H80N3O4Y-. The molecule has 0 fully saturated rings. The first-order valence-corrected chi connectivity index (χ1v) is 11.9. The summed E-state index contributed by atoms with van der Waals surface area (Å²) in [7, 11) is 5.03. The van der Waals surface area contributed by atoms with Gasteiger partial charge in [0.05, 0.1) is 13.5 Å². The number of ether oxygens (including phenoxy) is 1. The molecule has 0 aromatic heterocycles. The van der Waals surface area contributed by atoms with Crippen molar-refractivity contribution in [2.24, 2.45) is 0 Å². The molecule has 0 rings (SSSR count). The van der Waals surface area contributed by atoms with E-state index in [1.165, 1.54) is 12.7 Å². The molecule has 0 aromatic carbocycles. The second-order valence-electron chi connectivity index (χ2n) is 8.71. The molecule has 1 radical (unpaired) electrons. The first-order valence-electron chi connectivity index (χ1n) is 11.9. The number of rotatable bonds is 18. The van der Waals surface area contributed by atoms with Gasteiger partial charge in [-0.15, -0.1) is 6.58 Å². The zero-order valence-electron chi connectivity index (χ0n) is 22.9. The summed E-state index contributed by atoms with van der Waals surface area (Å²) in [6.07, 6.45) is 4.94. The van der Waals surface area contributed by atoms with Crippen molar-refractivity contribution in [1.29, 1.82) is 0 Å². The summed E-state index contributed by atoms with van der Waals surface area (Å²) in [6.45, 7) is 21.0. The van der Waals surface area contributed by atoms with Gasteiger partial charge in [0, 0.05) is 75.8 Å². The third-order valence-electron chi connectivity index (χ3n) is 5.33. The molecule has 0 aliphatic rings. The van der Waals surface area contributed by atoms with Crippen LogP contribution in [0.3, 0.4) is 0 Å². The standard InChI is InChI=1S/C17H30N2O3.C10H18NO.8CH4.Y/c1-7-16(20)10-15(8-12(2)3)19-13(4)9-14(18-5)11-17(21)22-6;1-5-8(2)6-10(11-4)7-9(3)12;;;;;;;;;/h14-15,18-19H,2,4,7-11H2,1,3,5-6H3;10-11H,2-3,5-7H2,1,4H3;8*1H4;/q;-1;;;;;;;;;. The van der Waals surface area contributed by atoms with Gasteiger partial charge in [-0.3, -0.25) is 9.59 Å². The van der Waals surface area contributed by atoms with Crippen LogP contribution in [0.5, 0.6) is 0 Å². The van der Waals surface area contributed by atoms with Gasteiger partial charge in [-0.05, 0) is 52.5 Å². The summed E-state index contributed by atoms with van der Waals surface area (Å²) in [4.78, 5) is 33.7. The Bertz CT molecular complexity index is 682. The Morgan fingerprint density at radius 3 is 1.47 bits per heavy atom. The third-order valence-corrected chi connectivity index (χ3v) is 5.33. The van der Waals surface area contributed by atoms with E-state index >= 15 is 0 Å². The molecule has 0 saturated carbocycles. The number of ketones is 2. The molecule has 3 N–H and O–H groups in total. The largest absolute Gasteiger partial charge is 0.469 e. The molecule has 3 atom stereocenters. The van der Waals surface area contributed by atoms with Crippen LogP contribution < -0.4 is 16.0 Å². The van der Waals surface area contributed by atoms with Crippen molar-refractivity contribution in [2.45, 2.75) is 150 Å². The summed E-state index contributed by atoms with van der Waals surface area (Å²) in [5.74, 6) is -0.0590. The fraction of sp³-hybridized carbons (Fsp3) is 0.714. The Morgan fingerprint density at radius 2 is 1.14 bits per heavy atom. The van der Waals surface area contributed by atoms with Crippen LogP contribution in [0.4, 0.5) is 0 Å². The van der Waals surface area contributed by atoms with Crippen LogP contribution in [-0.4, -0.2) is 56.9 Å². The number of hydrogen-bond donors (Lipinski definition) is 3. The fourth-order valence-corrected chi connectivity index (χ4v) is 3.26. The maximum atomic E-state index is 11.7. The molecule has 0 saturated heterocycles. The molecule has 0 bridgehead atoms. The van der Waals surface area contributed by atoms with E-state index < -0.39 is 0 Å². The van der Waals surface area contributed by atoms with E-state index in [4.69, 9.17) is 0 Å². The van der Waals surface area contributed by atoms with Crippen LogP contribution in [0.15, 0.2) is 36.6 Å². The third kappa shape index (κ3) is 45.3. The van der Waals surface area contributed by atoms with Gasteiger partial charge in [0.25, 0.3) is 0 Å². The Labute approximate surface area is 298 Å². The molecule has 0 heterocycles. The summed E-state index contributed by atoms with van der Waals surface area (Å²) in [5, 5.41) is 9.46. The van der Waals surface area contributed by atoms with Crippen LogP contribution in [0.1, 0.15) is 132 Å². The zero-order chi connectivity index (χ0) is 26.7. The van der Waals surface area contributed by atoms with Crippen molar-refractivity contribution >= 4 is 17.5 Å². The van der Waals surface area contributed by atoms with E-state index in [-0.39, 0.29) is 134 Å². The maximum absolute atomic E-state index is 11.7. The Kier molecular flexibility index (Phi) is 77.0. The number of nitrogens with one attached hydrogen (secondary N) is 3. The molecule has 3 unspecified atom stereocenters. The van der Waals surface area contributed by atoms with Crippen LogP contribution in [0.25, 0.3) is 0 Å². The first-order chi connectivity index (χ1) is 15.9. The maximum Gasteiger partial charge on any atom is 0.307 e. The van der Waals surface area contributed by atoms with Gasteiger partial charge in [-0.25, -0.2) is 0 Å². The predicted octanol–water partition coefficient (Wildman–Crippen LogP) is 9.15. The Balaban J connectivity index is -0.0000000482. The van der Waals surface area contributed by atoms with Gasteiger partial charge in [0.15, 0.2) is 0 Å². The molecule has 7 nitrogen and oxygen atoms in total. The topological polar surface area (TPSA) is 96.5 Å². The van der Waals surface area contributed by atoms with Crippen LogP contribution in [0, 0.1) is 6.92 Å². The van der Waals surface area contributed by atoms with Crippen LogP contribution >= 0.6 is 0 Å². The van der Waals surface area contributed by atoms with Gasteiger partial charge in [-0.1, -0.05) is 97.6 Å². The molecule has 43 heavy (non-hydrogen) atoms. The molecule has 0 aliphatic heterocycles. The van der Waals surface area contributed by atoms with Crippen LogP contribution in [-0.2, 0) is 51.8 Å². The summed E-state index contributed by atoms with van der Waals surface area (Å²) >= 11 is 0. The number of hydrogen-bond acceptors (Lipinski definition) is 7. The van der Waals surface area contributed by atoms with E-state index in [9.17, 15) is 14.4 Å². The number of methoxy groups -OCH3 is 1. The summed E-state index contributed by atoms with van der Waals surface area (Å²) < 4.78 is 4.68. The van der Waals surface area contributed by atoms with Crippen molar-refractivity contribution in [3.8, 4) is 0 Å². The summed E-state index contributed by atoms with van der Waals surface area (Å²) in [6, 6.07) is 0.176. The van der Waals surface area contributed by atoms with Crippen LogP contribution in [0.2, 0.25) is 0 Å². The van der Waals surface area contributed by atoms with E-state index in [0.29, 0.717) is 25.7 Å². The van der Waals surface area contributed by atoms with E-state index in [1.54, 1.807) is 7.05 Å². The van der Waals surface area contributed by atoms with Gasteiger partial charge in [0.1, 0.15) is 5.78 Å². The second-order valence-corrected chi connectivity index (χ2v) is 8.71. The molecule has 0 spiro atoms. The number of carbonyl (C=O) groups excluding carboxylic acids is 3. The molecule has 0 aliphatic carbocycles. The van der Waals surface area contributed by atoms with Crippen molar-refractivity contribution in [1.82, 2.24) is 16.0 Å². The van der Waals surface area contributed by atoms with Crippen molar-refractivity contribution in [3.05, 3.63) is 43.5 Å². The number of Topliss-reactive ketones (excluding diaryl/α,β-unsaturated/α-hetero) is 2. The smallest absolute Gasteiger partial charge is 0.307 e. The molecule has 8 heteroatoms. The minimum absolute atomic E-state index is 0.